The van der Waals surface area contributed by atoms with Crippen molar-refractivity contribution in [2.75, 3.05) is 0 Å². The van der Waals surface area contributed by atoms with Crippen LogP contribution in [0.5, 0.6) is 0 Å². The Morgan fingerprint density at radius 3 is 1.94 bits per heavy atom. The Bertz CT molecular complexity index is 2500. The average molecular weight is 628 g/mol. The van der Waals surface area contributed by atoms with Crippen LogP contribution < -0.4 is 0 Å². The van der Waals surface area contributed by atoms with E-state index in [0.717, 1.165) is 44.8 Å². The van der Waals surface area contributed by atoms with E-state index in [1.807, 2.05) is 30.5 Å². The van der Waals surface area contributed by atoms with E-state index in [2.05, 4.69) is 146 Å². The maximum Gasteiger partial charge on any atom is 0.160 e. The molecule has 0 fully saturated rings. The second-order valence-corrected chi connectivity index (χ2v) is 13.3. The number of hydrogen-bond acceptors (Lipinski definition) is 3. The fourth-order valence-corrected chi connectivity index (χ4v) is 7.48. The molecule has 2 heterocycles. The van der Waals surface area contributed by atoms with E-state index in [1.165, 1.54) is 38.6 Å². The average Bonchev–Trinajstić information content (AvgIpc) is 3.41. The van der Waals surface area contributed by atoms with Crippen LogP contribution in [0.2, 0.25) is 0 Å². The van der Waals surface area contributed by atoms with Crippen LogP contribution in [0.1, 0.15) is 25.0 Å². The van der Waals surface area contributed by atoms with Crippen LogP contribution in [0, 0.1) is 0 Å². The third-order valence-corrected chi connectivity index (χ3v) is 9.96. The summed E-state index contributed by atoms with van der Waals surface area (Å²) in [5, 5.41) is 2.63. The Morgan fingerprint density at radius 2 is 1.12 bits per heavy atom. The van der Waals surface area contributed by atoms with Gasteiger partial charge in [0, 0.05) is 34.5 Å². The molecule has 0 spiro atoms. The van der Waals surface area contributed by atoms with Gasteiger partial charge < -0.3 is 0 Å². The Balaban J connectivity index is 1.13. The SMILES string of the molecule is CC1(C)c2ccc(-c3cccc(-c4cc(-c5ccc(-c6cccnc6)cc5)nc(-c5ccccc5)n4)c3)cc2-c2ccc3ccccc3c21. The molecule has 49 heavy (non-hydrogen) atoms. The Hall–Kier alpha value is -6.19. The molecule has 0 aliphatic heterocycles. The van der Waals surface area contributed by atoms with Crippen molar-refractivity contribution >= 4 is 10.8 Å². The van der Waals surface area contributed by atoms with E-state index >= 15 is 0 Å². The molecule has 3 nitrogen and oxygen atoms in total. The number of aromatic nitrogens is 3. The smallest absolute Gasteiger partial charge is 0.160 e. The fourth-order valence-electron chi connectivity index (χ4n) is 7.48. The van der Waals surface area contributed by atoms with E-state index in [1.54, 1.807) is 6.20 Å². The highest BCUT2D eigenvalue weighted by molar-refractivity contribution is 5.98. The predicted molar refractivity (Wildman–Crippen MR) is 202 cm³/mol. The van der Waals surface area contributed by atoms with E-state index in [9.17, 15) is 0 Å². The van der Waals surface area contributed by atoms with Gasteiger partial charge in [0.1, 0.15) is 0 Å². The van der Waals surface area contributed by atoms with Crippen molar-refractivity contribution in [1.29, 1.82) is 0 Å². The lowest BCUT2D eigenvalue weighted by Crippen LogP contribution is -2.15. The number of pyridine rings is 1. The summed E-state index contributed by atoms with van der Waals surface area (Å²) < 4.78 is 0. The fraction of sp³-hybridized carbons (Fsp3) is 0.0652. The number of rotatable bonds is 5. The maximum absolute atomic E-state index is 5.12. The Morgan fingerprint density at radius 1 is 0.449 bits per heavy atom. The second-order valence-electron chi connectivity index (χ2n) is 13.3. The van der Waals surface area contributed by atoms with Gasteiger partial charge in [-0.15, -0.1) is 0 Å². The lowest BCUT2D eigenvalue weighted by molar-refractivity contribution is 0.666. The summed E-state index contributed by atoms with van der Waals surface area (Å²) in [5.74, 6) is 0.707. The highest BCUT2D eigenvalue weighted by atomic mass is 14.9. The number of fused-ring (bicyclic) bond motifs is 5. The first kappa shape index (κ1) is 29.0. The highest BCUT2D eigenvalue weighted by Crippen LogP contribution is 2.52. The highest BCUT2D eigenvalue weighted by Gasteiger charge is 2.36. The first-order valence-corrected chi connectivity index (χ1v) is 16.8. The van der Waals surface area contributed by atoms with Crippen LogP contribution in [0.4, 0.5) is 0 Å². The second kappa shape index (κ2) is 11.5. The van der Waals surface area contributed by atoms with Crippen LogP contribution in [-0.4, -0.2) is 15.0 Å². The number of benzene rings is 6. The molecule has 2 aromatic heterocycles. The molecule has 6 aromatic carbocycles. The van der Waals surface area contributed by atoms with Gasteiger partial charge in [-0.2, -0.15) is 0 Å². The summed E-state index contributed by atoms with van der Waals surface area (Å²) in [5.41, 5.74) is 14.8. The topological polar surface area (TPSA) is 38.7 Å². The molecular formula is C46H33N3. The first-order valence-electron chi connectivity index (χ1n) is 16.8. The molecule has 0 amide bonds. The lowest BCUT2D eigenvalue weighted by atomic mass is 9.80. The zero-order chi connectivity index (χ0) is 33.0. The molecule has 1 aliphatic rings. The van der Waals surface area contributed by atoms with Crippen LogP contribution in [0.15, 0.2) is 164 Å². The largest absolute Gasteiger partial charge is 0.264 e. The van der Waals surface area contributed by atoms with Crippen molar-refractivity contribution in [3.8, 4) is 67.3 Å². The van der Waals surface area contributed by atoms with Gasteiger partial charge in [0.15, 0.2) is 5.82 Å². The van der Waals surface area contributed by atoms with Gasteiger partial charge in [-0.25, -0.2) is 9.97 Å². The molecule has 9 rings (SSSR count). The Labute approximate surface area is 286 Å². The monoisotopic (exact) mass is 627 g/mol. The van der Waals surface area contributed by atoms with Crippen LogP contribution in [0.25, 0.3) is 78.1 Å². The molecule has 0 saturated heterocycles. The van der Waals surface area contributed by atoms with Crippen molar-refractivity contribution in [3.05, 3.63) is 175 Å². The molecule has 8 aromatic rings. The van der Waals surface area contributed by atoms with Crippen molar-refractivity contribution in [1.82, 2.24) is 15.0 Å². The minimum absolute atomic E-state index is 0.0761. The molecule has 0 atom stereocenters. The van der Waals surface area contributed by atoms with Gasteiger partial charge in [0.25, 0.3) is 0 Å². The van der Waals surface area contributed by atoms with Crippen molar-refractivity contribution < 1.29 is 0 Å². The quantitative estimate of drug-likeness (QED) is 0.191. The van der Waals surface area contributed by atoms with Gasteiger partial charge in [-0.3, -0.25) is 4.98 Å². The van der Waals surface area contributed by atoms with Gasteiger partial charge >= 0.3 is 0 Å². The van der Waals surface area contributed by atoms with Crippen LogP contribution in [0.3, 0.4) is 0 Å². The van der Waals surface area contributed by atoms with Crippen molar-refractivity contribution in [2.24, 2.45) is 0 Å². The van der Waals surface area contributed by atoms with Crippen LogP contribution >= 0.6 is 0 Å². The first-order chi connectivity index (χ1) is 24.0. The zero-order valence-electron chi connectivity index (χ0n) is 27.4. The molecule has 0 bridgehead atoms. The molecule has 0 unspecified atom stereocenters. The summed E-state index contributed by atoms with van der Waals surface area (Å²) in [4.78, 5) is 14.5. The molecule has 3 heteroatoms. The minimum atomic E-state index is -0.0761. The van der Waals surface area contributed by atoms with Gasteiger partial charge in [0.2, 0.25) is 0 Å². The molecule has 0 N–H and O–H groups in total. The summed E-state index contributed by atoms with van der Waals surface area (Å²) in [6.45, 7) is 4.71. The maximum atomic E-state index is 5.12. The van der Waals surface area contributed by atoms with E-state index in [4.69, 9.17) is 9.97 Å². The Kier molecular flexibility index (Phi) is 6.80. The molecular weight excluding hydrogens is 595 g/mol. The van der Waals surface area contributed by atoms with E-state index < -0.39 is 0 Å². The van der Waals surface area contributed by atoms with Gasteiger partial charge in [0.05, 0.1) is 11.4 Å². The van der Waals surface area contributed by atoms with E-state index in [-0.39, 0.29) is 5.41 Å². The summed E-state index contributed by atoms with van der Waals surface area (Å²) in [6.07, 6.45) is 3.69. The molecule has 232 valence electrons. The normalized spacial score (nSPS) is 12.9. The number of hydrogen-bond donors (Lipinski definition) is 0. The molecule has 1 aliphatic carbocycles. The standard InChI is InChI=1S/C46H33N3/c1-46(2)41-24-22-35(27-40(41)39-23-21-31-10-6-7-16-38(31)44(39)46)34-13-8-14-36(26-34)43-28-42(48-45(49-43)33-11-4-3-5-12-33)32-19-17-30(18-20-32)37-15-9-25-47-29-37/h3-29H,1-2H3. The zero-order valence-corrected chi connectivity index (χ0v) is 27.4. The van der Waals surface area contributed by atoms with Crippen LogP contribution in [-0.2, 0) is 5.41 Å². The number of nitrogens with zero attached hydrogens (tertiary/aromatic N) is 3. The van der Waals surface area contributed by atoms with Crippen molar-refractivity contribution in [2.45, 2.75) is 19.3 Å². The summed E-state index contributed by atoms with van der Waals surface area (Å²) in [6, 6.07) is 53.9. The minimum Gasteiger partial charge on any atom is -0.264 e. The molecule has 0 saturated carbocycles. The summed E-state index contributed by atoms with van der Waals surface area (Å²) in [7, 11) is 0. The van der Waals surface area contributed by atoms with Crippen molar-refractivity contribution in [3.63, 3.8) is 0 Å². The predicted octanol–water partition coefficient (Wildman–Crippen LogP) is 11.7. The van der Waals surface area contributed by atoms with E-state index in [0.29, 0.717) is 5.82 Å². The lowest BCUT2D eigenvalue weighted by Gasteiger charge is -2.23. The van der Waals surface area contributed by atoms with Gasteiger partial charge in [-0.05, 0) is 79.5 Å². The third-order valence-electron chi connectivity index (χ3n) is 9.96. The third kappa shape index (κ3) is 5.03. The van der Waals surface area contributed by atoms with Gasteiger partial charge in [-0.1, -0.05) is 141 Å². The summed E-state index contributed by atoms with van der Waals surface area (Å²) >= 11 is 0. The molecule has 0 radical (unpaired) electrons.